The molecule has 0 spiro atoms. The molecule has 0 radical (unpaired) electrons. The largest absolute Gasteiger partial charge is 0.312 e. The Morgan fingerprint density at radius 2 is 1.97 bits per heavy atom. The van der Waals surface area contributed by atoms with Crippen LogP contribution in [-0.2, 0) is 19.3 Å². The Labute approximate surface area is 204 Å². The summed E-state index contributed by atoms with van der Waals surface area (Å²) in [5.41, 5.74) is 6.12. The third-order valence-electron chi connectivity index (χ3n) is 6.90. The lowest BCUT2D eigenvalue weighted by Gasteiger charge is -2.20. The quantitative estimate of drug-likeness (QED) is 0.340. The van der Waals surface area contributed by atoms with Crippen LogP contribution in [0.5, 0.6) is 0 Å². The predicted molar refractivity (Wildman–Crippen MR) is 139 cm³/mol. The molecule has 34 heavy (non-hydrogen) atoms. The summed E-state index contributed by atoms with van der Waals surface area (Å²) < 4.78 is 0. The van der Waals surface area contributed by atoms with E-state index in [1.807, 2.05) is 30.3 Å². The predicted octanol–water partition coefficient (Wildman–Crippen LogP) is 7.16. The summed E-state index contributed by atoms with van der Waals surface area (Å²) in [6, 6.07) is 20.3. The molecule has 4 aromatic rings. The van der Waals surface area contributed by atoms with Gasteiger partial charge in [0.25, 0.3) is 5.91 Å². The van der Waals surface area contributed by atoms with Gasteiger partial charge in [0, 0.05) is 15.8 Å². The first kappa shape index (κ1) is 22.3. The number of nitrogens with zero attached hydrogens (tertiary/aromatic N) is 2. The maximum absolute atomic E-state index is 13.6. The molecule has 1 aliphatic rings. The zero-order valence-corrected chi connectivity index (χ0v) is 20.3. The van der Waals surface area contributed by atoms with E-state index in [2.05, 4.69) is 49.5 Å². The van der Waals surface area contributed by atoms with E-state index >= 15 is 0 Å². The third kappa shape index (κ3) is 4.10. The summed E-state index contributed by atoms with van der Waals surface area (Å²) in [6.07, 6.45) is 5.14. The molecule has 2 aromatic carbocycles. The Hall–Kier alpha value is -3.49. The van der Waals surface area contributed by atoms with Gasteiger partial charge in [0.05, 0.1) is 22.3 Å². The molecule has 5 heteroatoms. The number of aryl methyl sites for hydroxylation is 1. The standard InChI is InChI=1S/C29H27N3OS/c1-3-18-9-12-20(13-10-18)26-16-23(21-7-5-6-8-25(21)31-26)28(33)32-29-24(17-30)22-14-11-19(4-2)15-27(22)34-29/h5-10,12-13,16,19H,3-4,11,14-15H2,1-2H3,(H,32,33)/t19-/m1/s1. The highest BCUT2D eigenvalue weighted by Crippen LogP contribution is 2.40. The number of para-hydroxylation sites is 1. The van der Waals surface area contributed by atoms with Crippen LogP contribution >= 0.6 is 11.3 Å². The van der Waals surface area contributed by atoms with E-state index in [0.29, 0.717) is 22.0 Å². The molecule has 0 saturated heterocycles. The van der Waals surface area contributed by atoms with Crippen LogP contribution in [0.1, 0.15) is 58.6 Å². The Kier molecular flexibility index (Phi) is 6.17. The van der Waals surface area contributed by atoms with E-state index in [1.54, 1.807) is 11.3 Å². The van der Waals surface area contributed by atoms with Gasteiger partial charge in [-0.2, -0.15) is 5.26 Å². The molecule has 1 atom stereocenters. The van der Waals surface area contributed by atoms with Crippen LogP contribution in [0, 0.1) is 17.2 Å². The Morgan fingerprint density at radius 3 is 2.71 bits per heavy atom. The summed E-state index contributed by atoms with van der Waals surface area (Å²) in [7, 11) is 0. The van der Waals surface area contributed by atoms with Crippen LogP contribution in [0.2, 0.25) is 0 Å². The topological polar surface area (TPSA) is 65.8 Å². The van der Waals surface area contributed by atoms with Crippen molar-refractivity contribution >= 4 is 33.1 Å². The highest BCUT2D eigenvalue weighted by Gasteiger charge is 2.26. The molecule has 0 unspecified atom stereocenters. The average molecular weight is 466 g/mol. The molecule has 4 nitrogen and oxygen atoms in total. The van der Waals surface area contributed by atoms with Gasteiger partial charge in [-0.15, -0.1) is 11.3 Å². The van der Waals surface area contributed by atoms with Crippen LogP contribution in [0.25, 0.3) is 22.2 Å². The van der Waals surface area contributed by atoms with E-state index < -0.39 is 0 Å². The van der Waals surface area contributed by atoms with Gasteiger partial charge in [-0.1, -0.05) is 62.7 Å². The molecule has 1 aliphatic carbocycles. The molecular formula is C29H27N3OS. The fourth-order valence-corrected chi connectivity index (χ4v) is 6.11. The van der Waals surface area contributed by atoms with Gasteiger partial charge in [0.2, 0.25) is 0 Å². The van der Waals surface area contributed by atoms with E-state index in [0.717, 1.165) is 59.8 Å². The number of carbonyl (C=O) groups excluding carboxylic acids is 1. The average Bonchev–Trinajstić information content (AvgIpc) is 3.23. The third-order valence-corrected chi connectivity index (χ3v) is 8.07. The van der Waals surface area contributed by atoms with Crippen molar-refractivity contribution in [2.75, 3.05) is 5.32 Å². The van der Waals surface area contributed by atoms with Crippen LogP contribution in [0.3, 0.4) is 0 Å². The summed E-state index contributed by atoms with van der Waals surface area (Å²) in [5.74, 6) is 0.458. The van der Waals surface area contributed by atoms with Gasteiger partial charge in [0.15, 0.2) is 0 Å². The number of hydrogen-bond acceptors (Lipinski definition) is 4. The lowest BCUT2D eigenvalue weighted by Crippen LogP contribution is -2.13. The molecule has 0 saturated carbocycles. The molecular weight excluding hydrogens is 438 g/mol. The van der Waals surface area contributed by atoms with Crippen LogP contribution < -0.4 is 5.32 Å². The lowest BCUT2D eigenvalue weighted by molar-refractivity contribution is 0.102. The van der Waals surface area contributed by atoms with Crippen molar-refractivity contribution in [1.82, 2.24) is 4.98 Å². The number of nitrogens with one attached hydrogen (secondary N) is 1. The highest BCUT2D eigenvalue weighted by atomic mass is 32.1. The summed E-state index contributed by atoms with van der Waals surface area (Å²) in [5, 5.41) is 14.4. The van der Waals surface area contributed by atoms with Gasteiger partial charge in [-0.25, -0.2) is 4.98 Å². The normalized spacial score (nSPS) is 15.0. The van der Waals surface area contributed by atoms with Gasteiger partial charge < -0.3 is 5.32 Å². The molecule has 0 fully saturated rings. The van der Waals surface area contributed by atoms with E-state index in [-0.39, 0.29) is 5.91 Å². The summed E-state index contributed by atoms with van der Waals surface area (Å²) in [6.45, 7) is 4.35. The van der Waals surface area contributed by atoms with Gasteiger partial charge in [-0.3, -0.25) is 4.79 Å². The second-order valence-electron chi connectivity index (χ2n) is 8.91. The summed E-state index contributed by atoms with van der Waals surface area (Å²) in [4.78, 5) is 19.6. The van der Waals surface area contributed by atoms with Crippen molar-refractivity contribution in [3.63, 3.8) is 0 Å². The maximum Gasteiger partial charge on any atom is 0.257 e. The second-order valence-corrected chi connectivity index (χ2v) is 10.0. The number of amides is 1. The number of carbonyl (C=O) groups is 1. The number of benzene rings is 2. The SMILES string of the molecule is CCc1ccc(-c2cc(C(=O)Nc3sc4c(c3C#N)CC[C@@H](CC)C4)c3ccccc3n2)cc1. The van der Waals surface area contributed by atoms with Gasteiger partial charge in [0.1, 0.15) is 11.1 Å². The minimum Gasteiger partial charge on any atom is -0.312 e. The molecule has 0 aliphatic heterocycles. The van der Waals surface area contributed by atoms with E-state index in [9.17, 15) is 10.1 Å². The summed E-state index contributed by atoms with van der Waals surface area (Å²) >= 11 is 1.57. The first-order valence-electron chi connectivity index (χ1n) is 12.0. The van der Waals surface area contributed by atoms with Crippen molar-refractivity contribution in [3.05, 3.63) is 81.7 Å². The molecule has 5 rings (SSSR count). The van der Waals surface area contributed by atoms with Crippen LogP contribution in [0.15, 0.2) is 54.6 Å². The fraction of sp³-hybridized carbons (Fsp3) is 0.276. The number of rotatable bonds is 5. The molecule has 2 aromatic heterocycles. The number of fused-ring (bicyclic) bond motifs is 2. The Balaban J connectivity index is 1.54. The van der Waals surface area contributed by atoms with Crippen molar-refractivity contribution in [2.45, 2.75) is 46.0 Å². The number of hydrogen-bond donors (Lipinski definition) is 1. The van der Waals surface area contributed by atoms with Crippen molar-refractivity contribution < 1.29 is 4.79 Å². The van der Waals surface area contributed by atoms with Crippen molar-refractivity contribution in [1.29, 1.82) is 5.26 Å². The number of aromatic nitrogens is 1. The zero-order chi connectivity index (χ0) is 23.7. The maximum atomic E-state index is 13.6. The molecule has 2 heterocycles. The first-order valence-corrected chi connectivity index (χ1v) is 12.8. The van der Waals surface area contributed by atoms with E-state index in [1.165, 1.54) is 10.4 Å². The molecule has 0 bridgehead atoms. The number of pyridine rings is 1. The van der Waals surface area contributed by atoms with E-state index in [4.69, 9.17) is 4.98 Å². The highest BCUT2D eigenvalue weighted by molar-refractivity contribution is 7.16. The minimum absolute atomic E-state index is 0.202. The molecule has 170 valence electrons. The number of thiophene rings is 1. The smallest absolute Gasteiger partial charge is 0.257 e. The zero-order valence-electron chi connectivity index (χ0n) is 19.5. The number of anilines is 1. The molecule has 1 N–H and O–H groups in total. The van der Waals surface area contributed by atoms with Crippen molar-refractivity contribution in [3.8, 4) is 17.3 Å². The van der Waals surface area contributed by atoms with Gasteiger partial charge in [-0.05, 0) is 54.9 Å². The van der Waals surface area contributed by atoms with Gasteiger partial charge >= 0.3 is 0 Å². The first-order chi connectivity index (χ1) is 16.6. The molecule has 1 amide bonds. The van der Waals surface area contributed by atoms with Crippen molar-refractivity contribution in [2.24, 2.45) is 5.92 Å². The fourth-order valence-electron chi connectivity index (χ4n) is 4.80. The van der Waals surface area contributed by atoms with Crippen LogP contribution in [-0.4, -0.2) is 10.9 Å². The lowest BCUT2D eigenvalue weighted by atomic mass is 9.86. The Morgan fingerprint density at radius 1 is 1.18 bits per heavy atom. The van der Waals surface area contributed by atoms with Crippen LogP contribution in [0.4, 0.5) is 5.00 Å². The number of nitriles is 1. The Bertz CT molecular complexity index is 1410. The second kappa shape index (κ2) is 9.40. The minimum atomic E-state index is -0.202. The monoisotopic (exact) mass is 465 g/mol.